The van der Waals surface area contributed by atoms with Gasteiger partial charge in [0.2, 0.25) is 0 Å². The monoisotopic (exact) mass is 444 g/mol. The van der Waals surface area contributed by atoms with Gasteiger partial charge in [0, 0.05) is 12.1 Å². The summed E-state index contributed by atoms with van der Waals surface area (Å²) in [5.41, 5.74) is -0.281. The van der Waals surface area contributed by atoms with Crippen LogP contribution >= 0.6 is 0 Å². The van der Waals surface area contributed by atoms with Gasteiger partial charge >= 0.3 is 5.63 Å². The van der Waals surface area contributed by atoms with E-state index in [2.05, 4.69) is 0 Å². The van der Waals surface area contributed by atoms with Gasteiger partial charge in [0.15, 0.2) is 20.5 Å². The number of ketones is 1. The van der Waals surface area contributed by atoms with Crippen molar-refractivity contribution in [2.45, 2.75) is 4.90 Å². The molecule has 0 atom stereocenters. The quantitative estimate of drug-likeness (QED) is 0.385. The van der Waals surface area contributed by atoms with Crippen LogP contribution in [0.5, 0.6) is 17.2 Å². The molecule has 0 unspecified atom stereocenters. The molecule has 162 valence electrons. The van der Waals surface area contributed by atoms with E-state index in [1.807, 2.05) is 0 Å². The van der Waals surface area contributed by atoms with Crippen molar-refractivity contribution in [1.82, 2.24) is 0 Å². The fraction of sp³-hybridized carbons (Fsp3) is 0.182. The number of hydrogen-bond donors (Lipinski definition) is 0. The van der Waals surface area contributed by atoms with Crippen LogP contribution in [0.1, 0.15) is 5.56 Å². The van der Waals surface area contributed by atoms with Gasteiger partial charge < -0.3 is 18.6 Å². The molecule has 0 bridgehead atoms. The highest BCUT2D eigenvalue weighted by Crippen LogP contribution is 2.31. The van der Waals surface area contributed by atoms with Crippen molar-refractivity contribution in [1.29, 1.82) is 0 Å². The number of rotatable bonds is 8. The molecule has 0 spiro atoms. The van der Waals surface area contributed by atoms with E-state index in [1.54, 1.807) is 24.3 Å². The first kappa shape index (κ1) is 22.1. The third kappa shape index (κ3) is 4.95. The molecule has 0 saturated carbocycles. The summed E-state index contributed by atoms with van der Waals surface area (Å²) < 4.78 is 46.0. The van der Waals surface area contributed by atoms with E-state index in [0.717, 1.165) is 12.1 Å². The van der Waals surface area contributed by atoms with Crippen LogP contribution in [0.25, 0.3) is 17.0 Å². The summed E-state index contributed by atoms with van der Waals surface area (Å²) in [6, 6.07) is 11.0. The van der Waals surface area contributed by atoms with E-state index in [1.165, 1.54) is 39.5 Å². The average Bonchev–Trinajstić information content (AvgIpc) is 2.76. The highest BCUT2D eigenvalue weighted by atomic mass is 32.2. The second kappa shape index (κ2) is 9.05. The molecule has 3 rings (SSSR count). The van der Waals surface area contributed by atoms with E-state index in [4.69, 9.17) is 18.6 Å². The number of methoxy groups -OCH3 is 3. The summed E-state index contributed by atoms with van der Waals surface area (Å²) in [4.78, 5) is 24.0. The molecule has 0 aliphatic rings. The highest BCUT2D eigenvalue weighted by molar-refractivity contribution is 7.92. The first-order valence-electron chi connectivity index (χ1n) is 9.05. The summed E-state index contributed by atoms with van der Waals surface area (Å²) in [5, 5.41) is 0.266. The van der Waals surface area contributed by atoms with Gasteiger partial charge in [0.1, 0.15) is 28.6 Å². The lowest BCUT2D eigenvalue weighted by molar-refractivity contribution is -0.112. The highest BCUT2D eigenvalue weighted by Gasteiger charge is 2.24. The Hall–Kier alpha value is -3.59. The summed E-state index contributed by atoms with van der Waals surface area (Å²) >= 11 is 0. The van der Waals surface area contributed by atoms with Gasteiger partial charge in [-0.25, -0.2) is 13.2 Å². The Morgan fingerprint density at radius 2 is 1.65 bits per heavy atom. The lowest BCUT2D eigenvalue weighted by Crippen LogP contribution is -2.21. The molecule has 0 aliphatic heterocycles. The van der Waals surface area contributed by atoms with Gasteiger partial charge in [-0.3, -0.25) is 4.79 Å². The normalized spacial score (nSPS) is 11.6. The Morgan fingerprint density at radius 3 is 2.26 bits per heavy atom. The summed E-state index contributed by atoms with van der Waals surface area (Å²) in [6.45, 7) is 0. The fourth-order valence-electron chi connectivity index (χ4n) is 2.86. The number of fused-ring (bicyclic) bond motifs is 1. The maximum absolute atomic E-state index is 12.7. The standard InChI is InChI=1S/C22H20O8S/c1-27-16-8-5-14(6-9-16)4-7-15(23)13-31(25,26)21-12-18-19(29-3)10-17(28-2)11-20(18)30-22(21)24/h4-12H,13H2,1-3H3/b7-4-. The SMILES string of the molecule is COc1ccc(/C=C\C(=O)CS(=O)(=O)c2cc3c(OC)cc(OC)cc3oc2=O)cc1. The molecule has 31 heavy (non-hydrogen) atoms. The zero-order valence-electron chi connectivity index (χ0n) is 17.1. The second-order valence-electron chi connectivity index (χ2n) is 6.47. The number of ether oxygens (including phenoxy) is 3. The van der Waals surface area contributed by atoms with Crippen LogP contribution in [0.2, 0.25) is 0 Å². The zero-order chi connectivity index (χ0) is 22.6. The van der Waals surface area contributed by atoms with Crippen molar-refractivity contribution in [2.75, 3.05) is 27.1 Å². The minimum Gasteiger partial charge on any atom is -0.497 e. The molecule has 0 aliphatic carbocycles. The van der Waals surface area contributed by atoms with Crippen LogP contribution in [0, 0.1) is 0 Å². The first-order valence-corrected chi connectivity index (χ1v) is 10.7. The minimum absolute atomic E-state index is 0.103. The summed E-state index contributed by atoms with van der Waals surface area (Å²) in [6.07, 6.45) is 2.63. The lowest BCUT2D eigenvalue weighted by atomic mass is 10.2. The maximum atomic E-state index is 12.7. The van der Waals surface area contributed by atoms with Crippen molar-refractivity contribution in [3.05, 3.63) is 64.5 Å². The molecule has 8 nitrogen and oxygen atoms in total. The zero-order valence-corrected chi connectivity index (χ0v) is 17.9. The molecular formula is C22H20O8S. The van der Waals surface area contributed by atoms with Crippen LogP contribution < -0.4 is 19.8 Å². The number of sulfone groups is 1. The van der Waals surface area contributed by atoms with Crippen LogP contribution in [-0.2, 0) is 14.6 Å². The molecule has 0 amide bonds. The molecule has 2 aromatic carbocycles. The first-order chi connectivity index (χ1) is 14.8. The van der Waals surface area contributed by atoms with E-state index < -0.39 is 31.9 Å². The molecule has 1 aromatic heterocycles. The Morgan fingerprint density at radius 1 is 0.968 bits per heavy atom. The number of benzene rings is 2. The van der Waals surface area contributed by atoms with Gasteiger partial charge in [-0.15, -0.1) is 0 Å². The number of hydrogen-bond acceptors (Lipinski definition) is 8. The van der Waals surface area contributed by atoms with Gasteiger partial charge in [0.25, 0.3) is 0 Å². The molecule has 1 heterocycles. The van der Waals surface area contributed by atoms with Crippen LogP contribution in [0.4, 0.5) is 0 Å². The fourth-order valence-corrected chi connectivity index (χ4v) is 4.08. The smallest absolute Gasteiger partial charge is 0.355 e. The van der Waals surface area contributed by atoms with Crippen LogP contribution in [-0.4, -0.2) is 41.3 Å². The van der Waals surface area contributed by atoms with E-state index >= 15 is 0 Å². The molecule has 9 heteroatoms. The van der Waals surface area contributed by atoms with Crippen LogP contribution in [0.3, 0.4) is 0 Å². The van der Waals surface area contributed by atoms with Crippen molar-refractivity contribution in [3.8, 4) is 17.2 Å². The third-order valence-electron chi connectivity index (χ3n) is 4.46. The Bertz CT molecular complexity index is 1300. The molecule has 0 radical (unpaired) electrons. The summed E-state index contributed by atoms with van der Waals surface area (Å²) in [5.74, 6) is -0.268. The van der Waals surface area contributed by atoms with Gasteiger partial charge in [0.05, 0.1) is 26.7 Å². The molecule has 0 saturated heterocycles. The minimum atomic E-state index is -4.25. The predicted molar refractivity (Wildman–Crippen MR) is 115 cm³/mol. The summed E-state index contributed by atoms with van der Waals surface area (Å²) in [7, 11) is 0.108. The number of allylic oxidation sites excluding steroid dienone is 1. The topological polar surface area (TPSA) is 109 Å². The maximum Gasteiger partial charge on any atom is 0.355 e. The van der Waals surface area contributed by atoms with E-state index in [9.17, 15) is 18.0 Å². The lowest BCUT2D eigenvalue weighted by Gasteiger charge is -2.09. The van der Waals surface area contributed by atoms with Crippen molar-refractivity contribution in [2.24, 2.45) is 0 Å². The largest absolute Gasteiger partial charge is 0.497 e. The average molecular weight is 444 g/mol. The van der Waals surface area contributed by atoms with E-state index in [-0.39, 0.29) is 16.7 Å². The van der Waals surface area contributed by atoms with Crippen molar-refractivity contribution >= 4 is 32.7 Å². The molecule has 0 N–H and O–H groups in total. The predicted octanol–water partition coefficient (Wildman–Crippen LogP) is 2.88. The van der Waals surface area contributed by atoms with Crippen LogP contribution in [0.15, 0.2) is 62.6 Å². The Balaban J connectivity index is 1.89. The Kier molecular flexibility index (Phi) is 6.45. The molecule has 3 aromatic rings. The van der Waals surface area contributed by atoms with Crippen molar-refractivity contribution in [3.63, 3.8) is 0 Å². The van der Waals surface area contributed by atoms with Crippen molar-refractivity contribution < 1.29 is 31.8 Å². The second-order valence-corrected chi connectivity index (χ2v) is 8.43. The van der Waals surface area contributed by atoms with E-state index in [0.29, 0.717) is 17.1 Å². The number of carbonyl (C=O) groups is 1. The van der Waals surface area contributed by atoms with Gasteiger partial charge in [-0.1, -0.05) is 18.2 Å². The van der Waals surface area contributed by atoms with Gasteiger partial charge in [-0.05, 0) is 29.8 Å². The van der Waals surface area contributed by atoms with Gasteiger partial charge in [-0.2, -0.15) is 0 Å². The Labute approximate surface area is 178 Å². The number of carbonyl (C=O) groups excluding carboxylic acids is 1. The third-order valence-corrected chi connectivity index (χ3v) is 6.08. The molecular weight excluding hydrogens is 424 g/mol. The molecule has 0 fully saturated rings.